The SMILES string of the molecule is CCC(N)(CCCl)[C-](N)Cl.[Pt]. The van der Waals surface area contributed by atoms with Gasteiger partial charge in [0, 0.05) is 26.9 Å². The summed E-state index contributed by atoms with van der Waals surface area (Å²) in [7, 11) is 0. The van der Waals surface area contributed by atoms with E-state index in [1.807, 2.05) is 6.92 Å². The summed E-state index contributed by atoms with van der Waals surface area (Å²) >= 11 is 11.1. The van der Waals surface area contributed by atoms with Crippen LogP contribution in [0, 0.1) is 5.50 Å². The second-order valence-corrected chi connectivity index (χ2v) is 3.08. The van der Waals surface area contributed by atoms with Crippen molar-refractivity contribution in [1.82, 2.24) is 0 Å². The van der Waals surface area contributed by atoms with E-state index in [0.29, 0.717) is 12.3 Å². The fourth-order valence-electron chi connectivity index (χ4n) is 0.634. The molecule has 0 aromatic carbocycles. The maximum Gasteiger partial charge on any atom is 0.0216 e. The average Bonchev–Trinajstić information content (AvgIpc) is 1.88. The molecule has 0 aliphatic carbocycles. The van der Waals surface area contributed by atoms with Crippen LogP contribution in [0.15, 0.2) is 0 Å². The van der Waals surface area contributed by atoms with Gasteiger partial charge in [0.05, 0.1) is 0 Å². The average molecular weight is 379 g/mol. The van der Waals surface area contributed by atoms with Crippen molar-refractivity contribution in [3.05, 3.63) is 5.50 Å². The maximum absolute atomic E-state index is 5.77. The van der Waals surface area contributed by atoms with Crippen LogP contribution in [0.4, 0.5) is 0 Å². The molecule has 72 valence electrons. The molecule has 0 aromatic heterocycles. The second-order valence-electron chi connectivity index (χ2n) is 2.30. The number of alkyl halides is 1. The molecule has 0 aromatic rings. The van der Waals surface area contributed by atoms with Crippen LogP contribution in [0.25, 0.3) is 0 Å². The van der Waals surface area contributed by atoms with E-state index < -0.39 is 5.54 Å². The minimum Gasteiger partial charge on any atom is -0.464 e. The zero-order valence-electron chi connectivity index (χ0n) is 6.35. The van der Waals surface area contributed by atoms with Crippen molar-refractivity contribution in [2.75, 3.05) is 5.88 Å². The fraction of sp³-hybridized carbons (Fsp3) is 0.833. The van der Waals surface area contributed by atoms with E-state index in [0.717, 1.165) is 6.42 Å². The van der Waals surface area contributed by atoms with E-state index in [2.05, 4.69) is 0 Å². The Kier molecular flexibility index (Phi) is 8.92. The number of nitrogens with two attached hydrogens (primary N) is 2. The summed E-state index contributed by atoms with van der Waals surface area (Å²) in [6, 6.07) is 0. The number of hydrogen-bond donors (Lipinski definition) is 2. The van der Waals surface area contributed by atoms with Gasteiger partial charge in [-0.3, -0.25) is 0 Å². The standard InChI is InChI=1S/C6H13Cl2N2.Pt/c1-2-6(10,3-4-7)5(8)9;/h2-4,9-10H2,1H3;/q-1;. The number of halogens is 2. The van der Waals surface area contributed by atoms with Crippen LogP contribution < -0.4 is 11.5 Å². The first-order chi connectivity index (χ1) is 4.56. The minimum atomic E-state index is -0.580. The first-order valence-corrected chi connectivity index (χ1v) is 4.11. The van der Waals surface area contributed by atoms with Crippen molar-refractivity contribution in [1.29, 1.82) is 0 Å². The largest absolute Gasteiger partial charge is 0.464 e. The van der Waals surface area contributed by atoms with Gasteiger partial charge in [-0.25, -0.2) is 0 Å². The predicted octanol–water partition coefficient (Wildman–Crippen LogP) is 1.41. The smallest absolute Gasteiger partial charge is 0.0216 e. The van der Waals surface area contributed by atoms with E-state index >= 15 is 0 Å². The molecule has 0 saturated carbocycles. The molecule has 4 N–H and O–H groups in total. The first kappa shape index (κ1) is 14.7. The van der Waals surface area contributed by atoms with Gasteiger partial charge in [0.2, 0.25) is 0 Å². The Morgan fingerprint density at radius 3 is 2.09 bits per heavy atom. The van der Waals surface area contributed by atoms with Crippen LogP contribution in [0.5, 0.6) is 0 Å². The van der Waals surface area contributed by atoms with E-state index in [9.17, 15) is 0 Å². The van der Waals surface area contributed by atoms with Crippen LogP contribution in [-0.2, 0) is 21.1 Å². The number of rotatable bonds is 4. The molecule has 2 nitrogen and oxygen atoms in total. The summed E-state index contributed by atoms with van der Waals surface area (Å²) in [5.74, 6) is 0.484. The minimum absolute atomic E-state index is 0. The molecule has 11 heavy (non-hydrogen) atoms. The van der Waals surface area contributed by atoms with Crippen molar-refractivity contribution in [3.8, 4) is 0 Å². The Morgan fingerprint density at radius 2 is 2.00 bits per heavy atom. The molecule has 1 atom stereocenters. The predicted molar refractivity (Wildman–Crippen MR) is 45.8 cm³/mol. The zero-order chi connectivity index (χ0) is 8.20. The van der Waals surface area contributed by atoms with Crippen LogP contribution in [-0.4, -0.2) is 11.4 Å². The molecular formula is C6H13Cl2N2Pt-. The maximum atomic E-state index is 5.77. The molecule has 0 fully saturated rings. The van der Waals surface area contributed by atoms with Gasteiger partial charge in [0.1, 0.15) is 0 Å². The number of hydrogen-bond acceptors (Lipinski definition) is 2. The third-order valence-electron chi connectivity index (χ3n) is 1.65. The molecular weight excluding hydrogens is 366 g/mol. The van der Waals surface area contributed by atoms with E-state index in [1.54, 1.807) is 0 Å². The van der Waals surface area contributed by atoms with Crippen LogP contribution in [0.1, 0.15) is 19.8 Å². The van der Waals surface area contributed by atoms with E-state index in [4.69, 9.17) is 34.7 Å². The second kappa shape index (κ2) is 6.68. The summed E-state index contributed by atoms with van der Waals surface area (Å²) in [5.41, 5.74) is 10.8. The van der Waals surface area contributed by atoms with Crippen molar-refractivity contribution in [3.63, 3.8) is 0 Å². The van der Waals surface area contributed by atoms with Crippen molar-refractivity contribution < 1.29 is 21.1 Å². The van der Waals surface area contributed by atoms with Gasteiger partial charge in [-0.1, -0.05) is 18.9 Å². The van der Waals surface area contributed by atoms with Gasteiger partial charge in [-0.2, -0.15) is 5.50 Å². The molecule has 0 aliphatic rings. The Hall–Kier alpha value is 1.19. The molecule has 5 heteroatoms. The van der Waals surface area contributed by atoms with Gasteiger partial charge in [0.15, 0.2) is 0 Å². The normalized spacial score (nSPS) is 15.8. The molecule has 1 unspecified atom stereocenters. The molecule has 0 aliphatic heterocycles. The van der Waals surface area contributed by atoms with Crippen molar-refractivity contribution in [2.45, 2.75) is 25.3 Å². The van der Waals surface area contributed by atoms with Crippen LogP contribution in [0.2, 0.25) is 0 Å². The molecule has 0 radical (unpaired) electrons. The molecule has 0 rings (SSSR count). The summed E-state index contributed by atoms with van der Waals surface area (Å²) in [4.78, 5) is 0. The Labute approximate surface area is 92.2 Å². The van der Waals surface area contributed by atoms with Crippen LogP contribution in [0.3, 0.4) is 0 Å². The topological polar surface area (TPSA) is 52.0 Å². The van der Waals surface area contributed by atoms with Crippen molar-refractivity contribution in [2.24, 2.45) is 11.5 Å². The molecule has 0 bridgehead atoms. The monoisotopic (exact) mass is 378 g/mol. The Balaban J connectivity index is 0. The van der Waals surface area contributed by atoms with Gasteiger partial charge in [0.25, 0.3) is 0 Å². The van der Waals surface area contributed by atoms with Crippen LogP contribution >= 0.6 is 23.2 Å². The summed E-state index contributed by atoms with van der Waals surface area (Å²) < 4.78 is 0. The molecule has 0 spiro atoms. The summed E-state index contributed by atoms with van der Waals surface area (Å²) in [5, 5.41) is 0. The summed E-state index contributed by atoms with van der Waals surface area (Å²) in [6.07, 6.45) is 1.34. The fourth-order valence-corrected chi connectivity index (χ4v) is 1.20. The molecule has 0 heterocycles. The molecule has 0 saturated heterocycles. The van der Waals surface area contributed by atoms with Gasteiger partial charge >= 0.3 is 0 Å². The third-order valence-corrected chi connectivity index (χ3v) is 2.21. The van der Waals surface area contributed by atoms with Crippen molar-refractivity contribution >= 4 is 23.2 Å². The quantitative estimate of drug-likeness (QED) is 0.441. The van der Waals surface area contributed by atoms with E-state index in [-0.39, 0.29) is 26.6 Å². The Bertz CT molecular complexity index is 103. The summed E-state index contributed by atoms with van der Waals surface area (Å²) in [6.45, 7) is 1.93. The zero-order valence-corrected chi connectivity index (χ0v) is 10.1. The van der Waals surface area contributed by atoms with Gasteiger partial charge in [-0.15, -0.1) is 11.6 Å². The van der Waals surface area contributed by atoms with Gasteiger partial charge < -0.3 is 23.1 Å². The first-order valence-electron chi connectivity index (χ1n) is 3.20. The van der Waals surface area contributed by atoms with Gasteiger partial charge in [-0.05, 0) is 6.42 Å². The third kappa shape index (κ3) is 4.69. The van der Waals surface area contributed by atoms with E-state index in [1.165, 1.54) is 0 Å². The molecule has 0 amide bonds. The Morgan fingerprint density at radius 1 is 1.55 bits per heavy atom.